The molecule has 1 unspecified atom stereocenters. The highest BCUT2D eigenvalue weighted by atomic mass is 16.5. The van der Waals surface area contributed by atoms with Crippen molar-refractivity contribution in [2.24, 2.45) is 5.18 Å². The number of methoxy groups -OCH3 is 1. The lowest BCUT2D eigenvalue weighted by Crippen LogP contribution is -2.10. The Bertz CT molecular complexity index is 97.7. The van der Waals surface area contributed by atoms with Gasteiger partial charge in [0, 0.05) is 13.7 Å². The molecule has 4 heteroatoms. The molecule has 0 radical (unpaired) electrons. The number of hydrogen-bond acceptors (Lipinski definition) is 4. The van der Waals surface area contributed by atoms with E-state index in [-0.39, 0.29) is 12.6 Å². The third-order valence-corrected chi connectivity index (χ3v) is 1.40. The molecule has 0 saturated carbocycles. The Kier molecular flexibility index (Phi) is 7.29. The minimum Gasteiger partial charge on any atom is -0.382 e. The topological polar surface area (TPSA) is 47.9 Å². The molecule has 11 heavy (non-hydrogen) atoms. The maximum Gasteiger partial charge on any atom is 0.104 e. The van der Waals surface area contributed by atoms with Gasteiger partial charge in [0.1, 0.15) is 6.54 Å². The first-order valence-electron chi connectivity index (χ1n) is 3.71. The normalized spacial score (nSPS) is 12.9. The average Bonchev–Trinajstić information content (AvgIpc) is 2.04. The van der Waals surface area contributed by atoms with Crippen molar-refractivity contribution >= 4 is 0 Å². The summed E-state index contributed by atoms with van der Waals surface area (Å²) in [6.07, 6.45) is 1.08. The number of nitrogens with zero attached hydrogens (tertiary/aromatic N) is 1. The average molecular weight is 161 g/mol. The molecule has 0 aliphatic rings. The van der Waals surface area contributed by atoms with Gasteiger partial charge in [0.05, 0.1) is 12.7 Å². The van der Waals surface area contributed by atoms with Crippen LogP contribution < -0.4 is 0 Å². The van der Waals surface area contributed by atoms with E-state index in [0.29, 0.717) is 13.2 Å². The zero-order chi connectivity index (χ0) is 8.53. The van der Waals surface area contributed by atoms with Crippen LogP contribution in [0.4, 0.5) is 0 Å². The summed E-state index contributed by atoms with van der Waals surface area (Å²) in [6, 6.07) is 0. The van der Waals surface area contributed by atoms with Gasteiger partial charge in [-0.2, -0.15) is 4.91 Å². The van der Waals surface area contributed by atoms with Crippen LogP contribution in [0, 0.1) is 4.91 Å². The fraction of sp³-hybridized carbons (Fsp3) is 1.00. The van der Waals surface area contributed by atoms with E-state index in [1.165, 1.54) is 0 Å². The van der Waals surface area contributed by atoms with E-state index in [9.17, 15) is 4.91 Å². The molecule has 0 aromatic rings. The lowest BCUT2D eigenvalue weighted by molar-refractivity contribution is 0.0642. The molecule has 0 bridgehead atoms. The maximum absolute atomic E-state index is 9.60. The summed E-state index contributed by atoms with van der Waals surface area (Å²) in [5, 5.41) is 2.67. The predicted octanol–water partition coefficient (Wildman–Crippen LogP) is 1.19. The second kappa shape index (κ2) is 7.63. The van der Waals surface area contributed by atoms with Gasteiger partial charge in [0.15, 0.2) is 0 Å². The number of nitroso groups, excluding NO2 is 1. The van der Waals surface area contributed by atoms with Crippen LogP contribution in [0.1, 0.15) is 13.3 Å². The SMILES string of the molecule is COC(C)CCOCCN=O. The monoisotopic (exact) mass is 161 g/mol. The second-order valence-corrected chi connectivity index (χ2v) is 2.30. The Labute approximate surface area is 66.9 Å². The van der Waals surface area contributed by atoms with Crippen molar-refractivity contribution in [3.8, 4) is 0 Å². The quantitative estimate of drug-likeness (QED) is 0.416. The van der Waals surface area contributed by atoms with Crippen molar-refractivity contribution < 1.29 is 9.47 Å². The molecule has 0 saturated heterocycles. The third kappa shape index (κ3) is 7.42. The lowest BCUT2D eigenvalue weighted by atomic mass is 10.3. The van der Waals surface area contributed by atoms with E-state index in [1.807, 2.05) is 6.92 Å². The van der Waals surface area contributed by atoms with Crippen LogP contribution >= 0.6 is 0 Å². The van der Waals surface area contributed by atoms with Crippen molar-refractivity contribution in [2.45, 2.75) is 19.4 Å². The van der Waals surface area contributed by atoms with Crippen molar-refractivity contribution in [3.05, 3.63) is 4.91 Å². The number of ether oxygens (including phenoxy) is 2. The van der Waals surface area contributed by atoms with Crippen LogP contribution in [0.2, 0.25) is 0 Å². The Morgan fingerprint density at radius 1 is 1.45 bits per heavy atom. The van der Waals surface area contributed by atoms with Crippen LogP contribution in [-0.4, -0.2) is 33.0 Å². The van der Waals surface area contributed by atoms with E-state index in [2.05, 4.69) is 5.18 Å². The molecule has 0 rings (SSSR count). The third-order valence-electron chi connectivity index (χ3n) is 1.40. The van der Waals surface area contributed by atoms with E-state index >= 15 is 0 Å². The largest absolute Gasteiger partial charge is 0.382 e. The molecule has 0 heterocycles. The molecule has 66 valence electrons. The molecular formula is C7H15NO3. The van der Waals surface area contributed by atoms with E-state index < -0.39 is 0 Å². The minimum atomic E-state index is 0.221. The number of hydrogen-bond donors (Lipinski definition) is 0. The summed E-state index contributed by atoms with van der Waals surface area (Å²) in [5.74, 6) is 0. The summed E-state index contributed by atoms with van der Waals surface area (Å²) in [4.78, 5) is 9.60. The lowest BCUT2D eigenvalue weighted by Gasteiger charge is -2.08. The molecular weight excluding hydrogens is 146 g/mol. The Morgan fingerprint density at radius 3 is 2.73 bits per heavy atom. The van der Waals surface area contributed by atoms with Gasteiger partial charge in [-0.15, -0.1) is 0 Å². The molecule has 0 amide bonds. The van der Waals surface area contributed by atoms with Gasteiger partial charge < -0.3 is 9.47 Å². The van der Waals surface area contributed by atoms with Crippen LogP contribution in [0.5, 0.6) is 0 Å². The second-order valence-electron chi connectivity index (χ2n) is 2.30. The summed E-state index contributed by atoms with van der Waals surface area (Å²) in [5.41, 5.74) is 0. The van der Waals surface area contributed by atoms with Crippen molar-refractivity contribution in [1.82, 2.24) is 0 Å². The van der Waals surface area contributed by atoms with Crippen LogP contribution in [0.3, 0.4) is 0 Å². The first-order valence-corrected chi connectivity index (χ1v) is 3.71. The molecule has 1 atom stereocenters. The number of rotatable bonds is 7. The van der Waals surface area contributed by atoms with Gasteiger partial charge in [-0.3, -0.25) is 0 Å². The van der Waals surface area contributed by atoms with Gasteiger partial charge in [-0.1, -0.05) is 5.18 Å². The van der Waals surface area contributed by atoms with Crippen molar-refractivity contribution in [3.63, 3.8) is 0 Å². The zero-order valence-corrected chi connectivity index (χ0v) is 7.08. The van der Waals surface area contributed by atoms with Gasteiger partial charge in [-0.05, 0) is 13.3 Å². The first-order chi connectivity index (χ1) is 5.31. The zero-order valence-electron chi connectivity index (χ0n) is 7.08. The Morgan fingerprint density at radius 2 is 2.18 bits per heavy atom. The van der Waals surface area contributed by atoms with E-state index in [4.69, 9.17) is 9.47 Å². The van der Waals surface area contributed by atoms with Gasteiger partial charge in [0.25, 0.3) is 0 Å². The minimum absolute atomic E-state index is 0.221. The van der Waals surface area contributed by atoms with Crippen molar-refractivity contribution in [1.29, 1.82) is 0 Å². The summed E-state index contributed by atoms with van der Waals surface area (Å²) >= 11 is 0. The Hall–Kier alpha value is -0.480. The fourth-order valence-corrected chi connectivity index (χ4v) is 0.571. The first kappa shape index (κ1) is 10.5. The standard InChI is InChI=1S/C7H15NO3/c1-7(10-2)3-5-11-6-4-8-9/h7H,3-6H2,1-2H3. The highest BCUT2D eigenvalue weighted by Gasteiger charge is 1.97. The van der Waals surface area contributed by atoms with Crippen LogP contribution in [0.15, 0.2) is 5.18 Å². The summed E-state index contributed by atoms with van der Waals surface area (Å²) < 4.78 is 10.1. The molecule has 4 nitrogen and oxygen atoms in total. The Balaban J connectivity index is 2.95. The van der Waals surface area contributed by atoms with E-state index in [1.54, 1.807) is 7.11 Å². The highest BCUT2D eigenvalue weighted by Crippen LogP contribution is 1.94. The highest BCUT2D eigenvalue weighted by molar-refractivity contribution is 4.47. The maximum atomic E-state index is 9.60. The summed E-state index contributed by atoms with van der Waals surface area (Å²) in [6.45, 7) is 3.26. The van der Waals surface area contributed by atoms with Gasteiger partial charge in [0.2, 0.25) is 0 Å². The van der Waals surface area contributed by atoms with E-state index in [0.717, 1.165) is 6.42 Å². The smallest absolute Gasteiger partial charge is 0.104 e. The molecule has 0 aromatic carbocycles. The van der Waals surface area contributed by atoms with Gasteiger partial charge >= 0.3 is 0 Å². The predicted molar refractivity (Wildman–Crippen MR) is 42.6 cm³/mol. The molecule has 0 aromatic heterocycles. The van der Waals surface area contributed by atoms with Crippen molar-refractivity contribution in [2.75, 3.05) is 26.9 Å². The fourth-order valence-electron chi connectivity index (χ4n) is 0.571. The van der Waals surface area contributed by atoms with Crippen LogP contribution in [-0.2, 0) is 9.47 Å². The van der Waals surface area contributed by atoms with Gasteiger partial charge in [-0.25, -0.2) is 0 Å². The molecule has 0 fully saturated rings. The summed E-state index contributed by atoms with van der Waals surface area (Å²) in [7, 11) is 1.66. The molecule has 0 spiro atoms. The molecule has 0 aliphatic heterocycles. The molecule has 0 aliphatic carbocycles. The van der Waals surface area contributed by atoms with Crippen LogP contribution in [0.25, 0.3) is 0 Å². The molecule has 0 N–H and O–H groups in total.